The summed E-state index contributed by atoms with van der Waals surface area (Å²) in [6, 6.07) is 4.20. The van der Waals surface area contributed by atoms with Gasteiger partial charge in [-0.3, -0.25) is 4.98 Å². The molecule has 2 nitrogen and oxygen atoms in total. The average Bonchev–Trinajstić information content (AvgIpc) is 2.47. The molecule has 2 aliphatic rings. The van der Waals surface area contributed by atoms with Gasteiger partial charge in [0.15, 0.2) is 0 Å². The average molecular weight is 259 g/mol. The van der Waals surface area contributed by atoms with Crippen molar-refractivity contribution in [2.45, 2.75) is 69.8 Å². The SMILES string of the molecule is OC(CC1CCCCC1)C1CCCc2cccnc21. The first-order valence-electron chi connectivity index (χ1n) is 7.96. The van der Waals surface area contributed by atoms with E-state index >= 15 is 0 Å². The molecule has 3 rings (SSSR count). The highest BCUT2D eigenvalue weighted by Crippen LogP contribution is 2.36. The third-order valence-corrected chi connectivity index (χ3v) is 5.00. The number of hydrogen-bond donors (Lipinski definition) is 1. The standard InChI is InChI=1S/C17H25NO/c19-16(12-13-6-2-1-3-7-13)15-10-4-8-14-9-5-11-18-17(14)15/h5,9,11,13,15-16,19H,1-4,6-8,10,12H2. The maximum Gasteiger partial charge on any atom is 0.0626 e. The Balaban J connectivity index is 1.68. The van der Waals surface area contributed by atoms with E-state index in [1.807, 2.05) is 12.3 Å². The van der Waals surface area contributed by atoms with Gasteiger partial charge >= 0.3 is 0 Å². The highest BCUT2D eigenvalue weighted by molar-refractivity contribution is 5.26. The molecule has 1 aromatic rings. The second kappa shape index (κ2) is 6.04. The summed E-state index contributed by atoms with van der Waals surface area (Å²) in [6.07, 6.45) is 12.9. The molecule has 1 N–H and O–H groups in total. The van der Waals surface area contributed by atoms with E-state index in [9.17, 15) is 5.11 Å². The van der Waals surface area contributed by atoms with Crippen LogP contribution in [0.3, 0.4) is 0 Å². The summed E-state index contributed by atoms with van der Waals surface area (Å²) in [6.45, 7) is 0. The largest absolute Gasteiger partial charge is 0.392 e. The summed E-state index contributed by atoms with van der Waals surface area (Å²) in [5.74, 6) is 1.03. The molecule has 104 valence electrons. The maximum atomic E-state index is 10.6. The van der Waals surface area contributed by atoms with Crippen LogP contribution in [0.5, 0.6) is 0 Å². The van der Waals surface area contributed by atoms with Crippen LogP contribution >= 0.6 is 0 Å². The van der Waals surface area contributed by atoms with Gasteiger partial charge in [-0.15, -0.1) is 0 Å². The van der Waals surface area contributed by atoms with Gasteiger partial charge in [-0.25, -0.2) is 0 Å². The number of aromatic nitrogens is 1. The van der Waals surface area contributed by atoms with E-state index in [2.05, 4.69) is 11.1 Å². The number of aliphatic hydroxyl groups is 1. The summed E-state index contributed by atoms with van der Waals surface area (Å²) in [5, 5.41) is 10.6. The predicted molar refractivity (Wildman–Crippen MR) is 77.1 cm³/mol. The van der Waals surface area contributed by atoms with Crippen molar-refractivity contribution in [2.24, 2.45) is 5.92 Å². The topological polar surface area (TPSA) is 33.1 Å². The minimum Gasteiger partial charge on any atom is -0.392 e. The van der Waals surface area contributed by atoms with Crippen LogP contribution in [0, 0.1) is 5.92 Å². The quantitative estimate of drug-likeness (QED) is 0.895. The maximum absolute atomic E-state index is 10.6. The first-order valence-corrected chi connectivity index (χ1v) is 7.96. The van der Waals surface area contributed by atoms with Crippen LogP contribution in [0.2, 0.25) is 0 Å². The molecule has 0 aromatic carbocycles. The number of fused-ring (bicyclic) bond motifs is 1. The van der Waals surface area contributed by atoms with Crippen molar-refractivity contribution in [1.29, 1.82) is 0 Å². The minimum absolute atomic E-state index is 0.183. The van der Waals surface area contributed by atoms with Crippen molar-refractivity contribution in [3.8, 4) is 0 Å². The highest BCUT2D eigenvalue weighted by Gasteiger charge is 2.29. The van der Waals surface area contributed by atoms with Crippen molar-refractivity contribution in [3.63, 3.8) is 0 Å². The number of hydrogen-bond acceptors (Lipinski definition) is 2. The molecule has 2 atom stereocenters. The van der Waals surface area contributed by atoms with Gasteiger partial charge in [-0.1, -0.05) is 38.2 Å². The molecule has 2 unspecified atom stereocenters. The Morgan fingerprint density at radius 1 is 1.16 bits per heavy atom. The van der Waals surface area contributed by atoms with Crippen LogP contribution in [-0.4, -0.2) is 16.2 Å². The number of aryl methyl sites for hydroxylation is 1. The minimum atomic E-state index is -0.183. The van der Waals surface area contributed by atoms with Gasteiger partial charge in [-0.05, 0) is 43.2 Å². The lowest BCUT2D eigenvalue weighted by Crippen LogP contribution is -2.27. The Hall–Kier alpha value is -0.890. The highest BCUT2D eigenvalue weighted by atomic mass is 16.3. The second-order valence-electron chi connectivity index (χ2n) is 6.35. The van der Waals surface area contributed by atoms with Gasteiger partial charge in [0, 0.05) is 17.8 Å². The smallest absolute Gasteiger partial charge is 0.0626 e. The lowest BCUT2D eigenvalue weighted by molar-refractivity contribution is 0.0955. The van der Waals surface area contributed by atoms with Crippen LogP contribution in [0.15, 0.2) is 18.3 Å². The Morgan fingerprint density at radius 3 is 2.84 bits per heavy atom. The molecule has 0 aliphatic heterocycles. The summed E-state index contributed by atoms with van der Waals surface area (Å²) in [7, 11) is 0. The number of aliphatic hydroxyl groups excluding tert-OH is 1. The monoisotopic (exact) mass is 259 g/mol. The molecule has 0 radical (unpaired) electrons. The molecule has 1 saturated carbocycles. The zero-order valence-corrected chi connectivity index (χ0v) is 11.7. The van der Waals surface area contributed by atoms with Gasteiger partial charge in [0.25, 0.3) is 0 Å². The summed E-state index contributed by atoms with van der Waals surface area (Å²) in [4.78, 5) is 4.55. The van der Waals surface area contributed by atoms with Crippen molar-refractivity contribution < 1.29 is 5.11 Å². The lowest BCUT2D eigenvalue weighted by atomic mass is 9.77. The normalized spacial score (nSPS) is 25.8. The molecule has 0 saturated heterocycles. The van der Waals surface area contributed by atoms with Crippen molar-refractivity contribution in [3.05, 3.63) is 29.6 Å². The molecule has 2 heteroatoms. The Bertz CT molecular complexity index is 411. The van der Waals surface area contributed by atoms with Gasteiger partial charge < -0.3 is 5.11 Å². The molecule has 0 bridgehead atoms. The van der Waals surface area contributed by atoms with E-state index in [0.717, 1.165) is 25.2 Å². The molecule has 1 heterocycles. The zero-order chi connectivity index (χ0) is 13.1. The Kier molecular flexibility index (Phi) is 4.17. The van der Waals surface area contributed by atoms with Gasteiger partial charge in [0.05, 0.1) is 6.10 Å². The van der Waals surface area contributed by atoms with E-state index in [0.29, 0.717) is 0 Å². The first-order chi connectivity index (χ1) is 9.34. The summed E-state index contributed by atoms with van der Waals surface area (Å²) in [5.41, 5.74) is 2.54. The van der Waals surface area contributed by atoms with Gasteiger partial charge in [-0.2, -0.15) is 0 Å². The molecule has 0 amide bonds. The fraction of sp³-hybridized carbons (Fsp3) is 0.706. The van der Waals surface area contributed by atoms with Gasteiger partial charge in [0.2, 0.25) is 0 Å². The first kappa shape index (κ1) is 13.1. The van der Waals surface area contributed by atoms with Crippen LogP contribution in [0.25, 0.3) is 0 Å². The fourth-order valence-electron chi connectivity index (χ4n) is 3.95. The van der Waals surface area contributed by atoms with E-state index in [1.54, 1.807) is 0 Å². The Morgan fingerprint density at radius 2 is 2.00 bits per heavy atom. The number of nitrogens with zero attached hydrogens (tertiary/aromatic N) is 1. The van der Waals surface area contributed by atoms with Crippen LogP contribution < -0.4 is 0 Å². The second-order valence-corrected chi connectivity index (χ2v) is 6.35. The van der Waals surface area contributed by atoms with Gasteiger partial charge in [0.1, 0.15) is 0 Å². The van der Waals surface area contributed by atoms with E-state index in [-0.39, 0.29) is 12.0 Å². The van der Waals surface area contributed by atoms with Crippen LogP contribution in [0.1, 0.15) is 68.5 Å². The Labute approximate surface area is 116 Å². The van der Waals surface area contributed by atoms with Crippen LogP contribution in [-0.2, 0) is 6.42 Å². The summed E-state index contributed by atoms with van der Waals surface area (Å²) >= 11 is 0. The fourth-order valence-corrected chi connectivity index (χ4v) is 3.95. The van der Waals surface area contributed by atoms with E-state index < -0.39 is 0 Å². The van der Waals surface area contributed by atoms with Crippen molar-refractivity contribution >= 4 is 0 Å². The number of pyridine rings is 1. The number of rotatable bonds is 3. The molecule has 1 aromatic heterocycles. The third kappa shape index (κ3) is 3.00. The van der Waals surface area contributed by atoms with Crippen molar-refractivity contribution in [2.75, 3.05) is 0 Å². The molecular formula is C17H25NO. The predicted octanol–water partition coefficient (Wildman–Crippen LogP) is 3.83. The molecular weight excluding hydrogens is 234 g/mol. The molecule has 1 fully saturated rings. The third-order valence-electron chi connectivity index (χ3n) is 5.00. The van der Waals surface area contributed by atoms with E-state index in [1.165, 1.54) is 49.8 Å². The lowest BCUT2D eigenvalue weighted by Gasteiger charge is -2.31. The summed E-state index contributed by atoms with van der Waals surface area (Å²) < 4.78 is 0. The zero-order valence-electron chi connectivity index (χ0n) is 11.7. The van der Waals surface area contributed by atoms with Crippen LogP contribution in [0.4, 0.5) is 0 Å². The molecule has 19 heavy (non-hydrogen) atoms. The molecule has 2 aliphatic carbocycles. The van der Waals surface area contributed by atoms with Crippen molar-refractivity contribution in [1.82, 2.24) is 4.98 Å². The molecule has 0 spiro atoms. The van der Waals surface area contributed by atoms with E-state index in [4.69, 9.17) is 0 Å².